The standard InChI is InChI=1S/C24H31N3O2/c1-5-8-21(6-2)28-22-10-7-9-19(15-22)23-16-25-24(29-23)26-20-13-11-18(12-14-20)17-27(3)4/h7,9-16,21H,5-6,8,17H2,1-4H3,(H,25,26). The van der Waals surface area contributed by atoms with Crippen LogP contribution >= 0.6 is 0 Å². The van der Waals surface area contributed by atoms with E-state index in [4.69, 9.17) is 9.15 Å². The van der Waals surface area contributed by atoms with Gasteiger partial charge in [0.1, 0.15) is 5.75 Å². The Morgan fingerprint density at radius 1 is 1.10 bits per heavy atom. The molecule has 1 N–H and O–H groups in total. The van der Waals surface area contributed by atoms with Crippen LogP contribution in [0.15, 0.2) is 59.1 Å². The van der Waals surface area contributed by atoms with E-state index in [2.05, 4.69) is 55.3 Å². The highest BCUT2D eigenvalue weighted by molar-refractivity contribution is 5.61. The summed E-state index contributed by atoms with van der Waals surface area (Å²) >= 11 is 0. The maximum Gasteiger partial charge on any atom is 0.299 e. The van der Waals surface area contributed by atoms with Crippen LogP contribution in [0, 0.1) is 0 Å². The van der Waals surface area contributed by atoms with Gasteiger partial charge in [-0.3, -0.25) is 0 Å². The molecule has 0 aliphatic rings. The molecule has 0 spiro atoms. The van der Waals surface area contributed by atoms with Crippen LogP contribution in [0.2, 0.25) is 0 Å². The van der Waals surface area contributed by atoms with E-state index in [1.807, 2.05) is 36.4 Å². The van der Waals surface area contributed by atoms with Crippen molar-refractivity contribution < 1.29 is 9.15 Å². The summed E-state index contributed by atoms with van der Waals surface area (Å²) in [6, 6.07) is 16.8. The molecule has 5 nitrogen and oxygen atoms in total. The molecular weight excluding hydrogens is 362 g/mol. The molecule has 0 fully saturated rings. The van der Waals surface area contributed by atoms with Gasteiger partial charge in [-0.15, -0.1) is 0 Å². The van der Waals surface area contributed by atoms with E-state index in [9.17, 15) is 0 Å². The van der Waals surface area contributed by atoms with Crippen molar-refractivity contribution >= 4 is 11.7 Å². The van der Waals surface area contributed by atoms with E-state index in [0.717, 1.165) is 42.8 Å². The van der Waals surface area contributed by atoms with Gasteiger partial charge in [0.25, 0.3) is 6.01 Å². The first kappa shape index (κ1) is 20.9. The van der Waals surface area contributed by atoms with Crippen molar-refractivity contribution in [2.24, 2.45) is 0 Å². The first-order valence-electron chi connectivity index (χ1n) is 10.3. The Kier molecular flexibility index (Phi) is 7.30. The SMILES string of the molecule is CCCC(CC)Oc1cccc(-c2cnc(Nc3ccc(CN(C)C)cc3)o2)c1. The van der Waals surface area contributed by atoms with Crippen LogP contribution in [0.4, 0.5) is 11.7 Å². The third-order valence-electron chi connectivity index (χ3n) is 4.70. The highest BCUT2D eigenvalue weighted by Gasteiger charge is 2.11. The number of nitrogens with one attached hydrogen (secondary N) is 1. The average Bonchev–Trinajstić information content (AvgIpc) is 3.17. The molecule has 0 bridgehead atoms. The lowest BCUT2D eigenvalue weighted by atomic mass is 10.1. The molecule has 3 aromatic rings. The summed E-state index contributed by atoms with van der Waals surface area (Å²) in [7, 11) is 4.12. The molecule has 0 aliphatic carbocycles. The van der Waals surface area contributed by atoms with Crippen LogP contribution in [0.25, 0.3) is 11.3 Å². The second-order valence-electron chi connectivity index (χ2n) is 7.55. The Hall–Kier alpha value is -2.79. The van der Waals surface area contributed by atoms with Gasteiger partial charge in [-0.2, -0.15) is 0 Å². The van der Waals surface area contributed by atoms with Crippen LogP contribution in [0.5, 0.6) is 5.75 Å². The van der Waals surface area contributed by atoms with Crippen LogP contribution < -0.4 is 10.1 Å². The smallest absolute Gasteiger partial charge is 0.299 e. The summed E-state index contributed by atoms with van der Waals surface area (Å²) < 4.78 is 12.0. The molecule has 1 aromatic heterocycles. The maximum atomic E-state index is 6.13. The van der Waals surface area contributed by atoms with Crippen LogP contribution in [0.1, 0.15) is 38.7 Å². The van der Waals surface area contributed by atoms with Gasteiger partial charge in [0, 0.05) is 17.8 Å². The highest BCUT2D eigenvalue weighted by Crippen LogP contribution is 2.28. The van der Waals surface area contributed by atoms with Gasteiger partial charge in [-0.25, -0.2) is 4.98 Å². The fourth-order valence-corrected chi connectivity index (χ4v) is 3.23. The maximum absolute atomic E-state index is 6.13. The van der Waals surface area contributed by atoms with E-state index in [1.54, 1.807) is 6.20 Å². The first-order chi connectivity index (χ1) is 14.1. The summed E-state index contributed by atoms with van der Waals surface area (Å²) in [5, 5.41) is 3.22. The molecule has 3 rings (SSSR count). The van der Waals surface area contributed by atoms with Gasteiger partial charge in [-0.05, 0) is 56.8 Å². The Bertz CT molecular complexity index is 887. The largest absolute Gasteiger partial charge is 0.490 e. The molecule has 0 saturated heterocycles. The Morgan fingerprint density at radius 2 is 1.90 bits per heavy atom. The van der Waals surface area contributed by atoms with Gasteiger partial charge < -0.3 is 19.4 Å². The zero-order valence-corrected chi connectivity index (χ0v) is 17.8. The van der Waals surface area contributed by atoms with Gasteiger partial charge in [0.15, 0.2) is 5.76 Å². The lowest BCUT2D eigenvalue weighted by Crippen LogP contribution is -2.14. The fourth-order valence-electron chi connectivity index (χ4n) is 3.23. The lowest BCUT2D eigenvalue weighted by molar-refractivity contribution is 0.186. The topological polar surface area (TPSA) is 50.5 Å². The third kappa shape index (κ3) is 6.09. The molecule has 154 valence electrons. The number of aromatic nitrogens is 1. The molecule has 2 aromatic carbocycles. The summed E-state index contributed by atoms with van der Waals surface area (Å²) in [6.45, 7) is 5.26. The van der Waals surface area contributed by atoms with Crippen molar-refractivity contribution in [3.8, 4) is 17.1 Å². The molecule has 0 saturated carbocycles. The predicted molar refractivity (Wildman–Crippen MR) is 119 cm³/mol. The van der Waals surface area contributed by atoms with E-state index in [-0.39, 0.29) is 6.10 Å². The quantitative estimate of drug-likeness (QED) is 0.451. The Labute approximate surface area is 173 Å². The van der Waals surface area contributed by atoms with E-state index >= 15 is 0 Å². The third-order valence-corrected chi connectivity index (χ3v) is 4.70. The average molecular weight is 394 g/mol. The van der Waals surface area contributed by atoms with Crippen LogP contribution in [0.3, 0.4) is 0 Å². The van der Waals surface area contributed by atoms with E-state index in [0.29, 0.717) is 11.8 Å². The minimum atomic E-state index is 0.248. The predicted octanol–water partition coefficient (Wildman–Crippen LogP) is 6.10. The zero-order valence-electron chi connectivity index (χ0n) is 17.8. The lowest BCUT2D eigenvalue weighted by Gasteiger charge is -2.17. The van der Waals surface area contributed by atoms with E-state index in [1.165, 1.54) is 5.56 Å². The van der Waals surface area contributed by atoms with Crippen molar-refractivity contribution in [1.82, 2.24) is 9.88 Å². The molecule has 5 heteroatoms. The number of hydrogen-bond donors (Lipinski definition) is 1. The fraction of sp³-hybridized carbons (Fsp3) is 0.375. The highest BCUT2D eigenvalue weighted by atomic mass is 16.5. The first-order valence-corrected chi connectivity index (χ1v) is 10.3. The van der Waals surface area contributed by atoms with Crippen molar-refractivity contribution in [3.05, 3.63) is 60.3 Å². The van der Waals surface area contributed by atoms with Crippen LogP contribution in [-0.2, 0) is 6.54 Å². The summed E-state index contributed by atoms with van der Waals surface area (Å²) in [5.74, 6) is 1.58. The summed E-state index contributed by atoms with van der Waals surface area (Å²) in [6.07, 6.45) is 5.17. The molecule has 29 heavy (non-hydrogen) atoms. The molecule has 1 atom stereocenters. The number of benzene rings is 2. The molecular formula is C24H31N3O2. The van der Waals surface area contributed by atoms with Gasteiger partial charge in [0.2, 0.25) is 0 Å². The summed E-state index contributed by atoms with van der Waals surface area (Å²) in [5.41, 5.74) is 3.16. The van der Waals surface area contributed by atoms with Gasteiger partial charge in [0.05, 0.1) is 12.3 Å². The normalized spacial score (nSPS) is 12.2. The van der Waals surface area contributed by atoms with Crippen molar-refractivity contribution in [3.63, 3.8) is 0 Å². The molecule has 0 radical (unpaired) electrons. The monoisotopic (exact) mass is 393 g/mol. The number of anilines is 2. The van der Waals surface area contributed by atoms with Gasteiger partial charge >= 0.3 is 0 Å². The minimum absolute atomic E-state index is 0.248. The van der Waals surface area contributed by atoms with Crippen molar-refractivity contribution in [1.29, 1.82) is 0 Å². The molecule has 0 amide bonds. The number of rotatable bonds is 10. The Balaban J connectivity index is 1.67. The zero-order chi connectivity index (χ0) is 20.6. The number of oxazole rings is 1. The summed E-state index contributed by atoms with van der Waals surface area (Å²) in [4.78, 5) is 6.51. The number of hydrogen-bond acceptors (Lipinski definition) is 5. The Morgan fingerprint density at radius 3 is 2.59 bits per heavy atom. The number of ether oxygens (including phenoxy) is 1. The van der Waals surface area contributed by atoms with Crippen molar-refractivity contribution in [2.75, 3.05) is 19.4 Å². The van der Waals surface area contributed by atoms with Crippen molar-refractivity contribution in [2.45, 2.75) is 45.8 Å². The van der Waals surface area contributed by atoms with Crippen LogP contribution in [-0.4, -0.2) is 30.1 Å². The number of nitrogens with zero attached hydrogens (tertiary/aromatic N) is 2. The van der Waals surface area contributed by atoms with E-state index < -0.39 is 0 Å². The van der Waals surface area contributed by atoms with Gasteiger partial charge in [-0.1, -0.05) is 44.5 Å². The minimum Gasteiger partial charge on any atom is -0.490 e. The second kappa shape index (κ2) is 10.1. The molecule has 1 unspecified atom stereocenters. The molecule has 1 heterocycles. The molecule has 0 aliphatic heterocycles. The second-order valence-corrected chi connectivity index (χ2v) is 7.55.